The molecular formula is C50H100N4O3. The number of fused-ring (bicyclic) bond motifs is 1. The van der Waals surface area contributed by atoms with Gasteiger partial charge < -0.3 is 36.7 Å². The molecule has 3 aliphatic rings. The molecule has 338 valence electrons. The first-order valence-electron chi connectivity index (χ1n) is 25.6. The van der Waals surface area contributed by atoms with Crippen LogP contribution in [-0.4, -0.2) is 70.9 Å². The summed E-state index contributed by atoms with van der Waals surface area (Å²) in [6.07, 6.45) is 37.4. The second-order valence-corrected chi connectivity index (χ2v) is 19.6. The number of unbranched alkanes of at least 4 members (excludes halogenated alkanes) is 13. The van der Waals surface area contributed by atoms with Gasteiger partial charge in [-0.1, -0.05) is 130 Å². The van der Waals surface area contributed by atoms with E-state index in [1.165, 1.54) is 161 Å². The van der Waals surface area contributed by atoms with Crippen LogP contribution >= 0.6 is 0 Å². The minimum absolute atomic E-state index is 0.169. The Morgan fingerprint density at radius 2 is 1.25 bits per heavy atom. The van der Waals surface area contributed by atoms with E-state index in [1.807, 2.05) is 0 Å². The van der Waals surface area contributed by atoms with Crippen molar-refractivity contribution in [2.24, 2.45) is 58.1 Å². The van der Waals surface area contributed by atoms with E-state index >= 15 is 0 Å². The number of hydrogen-bond acceptors (Lipinski definition) is 7. The monoisotopic (exact) mass is 805 g/mol. The summed E-state index contributed by atoms with van der Waals surface area (Å²) in [7, 11) is 0. The summed E-state index contributed by atoms with van der Waals surface area (Å²) in [6, 6.07) is 0. The van der Waals surface area contributed by atoms with Crippen molar-refractivity contribution in [1.29, 1.82) is 0 Å². The molecule has 0 aromatic rings. The van der Waals surface area contributed by atoms with Gasteiger partial charge in [0.25, 0.3) is 0 Å². The highest BCUT2D eigenvalue weighted by molar-refractivity contribution is 5.09. The van der Waals surface area contributed by atoms with Crippen LogP contribution in [0.5, 0.6) is 0 Å². The predicted molar refractivity (Wildman–Crippen MR) is 245 cm³/mol. The molecule has 3 aliphatic carbocycles. The molecule has 0 unspecified atom stereocenters. The van der Waals surface area contributed by atoms with E-state index in [0.29, 0.717) is 67.3 Å². The lowest BCUT2D eigenvalue weighted by atomic mass is 9.53. The van der Waals surface area contributed by atoms with Crippen LogP contribution in [0.1, 0.15) is 207 Å². The second kappa shape index (κ2) is 31.5. The Morgan fingerprint density at radius 1 is 0.649 bits per heavy atom. The lowest BCUT2D eigenvalue weighted by Crippen LogP contribution is -2.56. The van der Waals surface area contributed by atoms with Crippen molar-refractivity contribution in [2.45, 2.75) is 226 Å². The van der Waals surface area contributed by atoms with Crippen molar-refractivity contribution >= 4 is 0 Å². The maximum Gasteiger partial charge on any atom is 0.0636 e. The Hall–Kier alpha value is -0.280. The number of hydrogen-bond donors (Lipinski definition) is 4. The van der Waals surface area contributed by atoms with Crippen molar-refractivity contribution in [3.05, 3.63) is 0 Å². The van der Waals surface area contributed by atoms with Crippen LogP contribution in [0.4, 0.5) is 0 Å². The minimum atomic E-state index is 0.169. The van der Waals surface area contributed by atoms with Crippen molar-refractivity contribution < 1.29 is 14.2 Å². The SMILES string of the molecule is CCCCCCCCCCCCCCCCNCCC[C@@H](C)[C@H]1CC[C@H]2[C@H]([C@@H](C[C@H]3CCC[C@@H](OCCCN)C3)OCCCN)[C@@H](CC)C[C@H](OCCCN)[C@]12C. The van der Waals surface area contributed by atoms with Gasteiger partial charge in [-0.25, -0.2) is 0 Å². The van der Waals surface area contributed by atoms with E-state index in [0.717, 1.165) is 52.0 Å². The van der Waals surface area contributed by atoms with Gasteiger partial charge in [-0.15, -0.1) is 0 Å². The number of nitrogens with two attached hydrogens (primary N) is 3. The van der Waals surface area contributed by atoms with E-state index in [-0.39, 0.29) is 11.5 Å². The Labute approximate surface area is 355 Å². The molecule has 57 heavy (non-hydrogen) atoms. The highest BCUT2D eigenvalue weighted by Crippen LogP contribution is 2.63. The van der Waals surface area contributed by atoms with Crippen LogP contribution in [0.25, 0.3) is 0 Å². The van der Waals surface area contributed by atoms with Crippen LogP contribution in [0, 0.1) is 40.9 Å². The highest BCUT2D eigenvalue weighted by Gasteiger charge is 2.61. The molecular weight excluding hydrogens is 705 g/mol. The van der Waals surface area contributed by atoms with E-state index in [9.17, 15) is 0 Å². The quantitative estimate of drug-likeness (QED) is 0.0466. The van der Waals surface area contributed by atoms with Crippen molar-refractivity contribution in [2.75, 3.05) is 52.5 Å². The van der Waals surface area contributed by atoms with Gasteiger partial charge >= 0.3 is 0 Å². The van der Waals surface area contributed by atoms with Gasteiger partial charge in [0.05, 0.1) is 18.3 Å². The molecule has 0 heterocycles. The van der Waals surface area contributed by atoms with Gasteiger partial charge in [0.2, 0.25) is 0 Å². The Kier molecular flexibility index (Phi) is 28.3. The minimum Gasteiger partial charge on any atom is -0.378 e. The molecule has 3 rings (SSSR count). The summed E-state index contributed by atoms with van der Waals surface area (Å²) in [5, 5.41) is 3.82. The molecule has 0 aromatic carbocycles. The molecule has 0 spiro atoms. The standard InChI is InChI=1S/C50H100N4O3/c1-5-7-8-9-10-11-12-13-14-15-16-17-18-19-33-54-34-21-25-41(3)45-28-29-46-49(43(6-2)40-48(50(45,46)4)57-37-24-32-53)47(56-36-23-31-52)39-42-26-20-27-44(38-42)55-35-22-30-51/h41-49,54H,5-40,51-53H2,1-4H3/t41-,42+,43+,44-,45-,46+,47-,48+,49-,50-/m1/s1. The van der Waals surface area contributed by atoms with Crippen LogP contribution in [0.15, 0.2) is 0 Å². The topological polar surface area (TPSA) is 118 Å². The fourth-order valence-corrected chi connectivity index (χ4v) is 12.1. The Balaban J connectivity index is 1.51. The first-order valence-corrected chi connectivity index (χ1v) is 25.6. The third-order valence-corrected chi connectivity index (χ3v) is 15.3. The normalized spacial score (nSPS) is 28.8. The third kappa shape index (κ3) is 18.3. The number of nitrogens with one attached hydrogen (secondary N) is 1. The van der Waals surface area contributed by atoms with E-state index in [4.69, 9.17) is 31.4 Å². The zero-order chi connectivity index (χ0) is 41.0. The Bertz CT molecular complexity index is 941. The van der Waals surface area contributed by atoms with E-state index in [1.54, 1.807) is 0 Å². The molecule has 0 saturated heterocycles. The van der Waals surface area contributed by atoms with Gasteiger partial charge in [0, 0.05) is 25.2 Å². The van der Waals surface area contributed by atoms with Crippen LogP contribution in [-0.2, 0) is 14.2 Å². The smallest absolute Gasteiger partial charge is 0.0636 e. The first-order chi connectivity index (χ1) is 27.9. The highest BCUT2D eigenvalue weighted by atomic mass is 16.5. The third-order valence-electron chi connectivity index (χ3n) is 15.3. The molecule has 7 nitrogen and oxygen atoms in total. The van der Waals surface area contributed by atoms with E-state index in [2.05, 4.69) is 33.0 Å². The Morgan fingerprint density at radius 3 is 1.88 bits per heavy atom. The lowest BCUT2D eigenvalue weighted by Gasteiger charge is -2.56. The van der Waals surface area contributed by atoms with Crippen molar-refractivity contribution in [1.82, 2.24) is 5.32 Å². The largest absolute Gasteiger partial charge is 0.378 e. The molecule has 3 saturated carbocycles. The fourth-order valence-electron chi connectivity index (χ4n) is 12.1. The molecule has 7 heteroatoms. The summed E-state index contributed by atoms with van der Waals surface area (Å²) < 4.78 is 20.3. The van der Waals surface area contributed by atoms with Crippen molar-refractivity contribution in [3.8, 4) is 0 Å². The predicted octanol–water partition coefficient (Wildman–Crippen LogP) is 11.3. The average Bonchev–Trinajstić information content (AvgIpc) is 3.58. The average molecular weight is 805 g/mol. The molecule has 7 N–H and O–H groups in total. The molecule has 10 atom stereocenters. The summed E-state index contributed by atoms with van der Waals surface area (Å²) in [6.45, 7) is 16.8. The molecule has 3 fully saturated rings. The first kappa shape index (κ1) is 51.1. The van der Waals surface area contributed by atoms with Gasteiger partial charge in [-0.05, 0) is 145 Å². The van der Waals surface area contributed by atoms with E-state index < -0.39 is 0 Å². The van der Waals surface area contributed by atoms with Gasteiger partial charge in [-0.2, -0.15) is 0 Å². The van der Waals surface area contributed by atoms with Gasteiger partial charge in [-0.3, -0.25) is 0 Å². The zero-order valence-electron chi connectivity index (χ0n) is 38.6. The summed E-state index contributed by atoms with van der Waals surface area (Å²) in [4.78, 5) is 0. The molecule has 0 amide bonds. The molecule has 0 aliphatic heterocycles. The number of ether oxygens (including phenoxy) is 3. The maximum absolute atomic E-state index is 7.04. The molecule has 0 aromatic heterocycles. The summed E-state index contributed by atoms with van der Waals surface area (Å²) >= 11 is 0. The second-order valence-electron chi connectivity index (χ2n) is 19.6. The van der Waals surface area contributed by atoms with Crippen LogP contribution < -0.4 is 22.5 Å². The summed E-state index contributed by atoms with van der Waals surface area (Å²) in [5.74, 6) is 3.89. The molecule has 0 bridgehead atoms. The zero-order valence-corrected chi connectivity index (χ0v) is 38.6. The lowest BCUT2D eigenvalue weighted by molar-refractivity contribution is -0.170. The fraction of sp³-hybridized carbons (Fsp3) is 1.00. The number of rotatable bonds is 36. The van der Waals surface area contributed by atoms with Crippen LogP contribution in [0.2, 0.25) is 0 Å². The summed E-state index contributed by atoms with van der Waals surface area (Å²) in [5.41, 5.74) is 18.0. The van der Waals surface area contributed by atoms with Crippen molar-refractivity contribution in [3.63, 3.8) is 0 Å². The molecule has 0 radical (unpaired) electrons. The maximum atomic E-state index is 7.04. The van der Waals surface area contributed by atoms with Crippen LogP contribution in [0.3, 0.4) is 0 Å². The van der Waals surface area contributed by atoms with Gasteiger partial charge in [0.15, 0.2) is 0 Å². The van der Waals surface area contributed by atoms with Gasteiger partial charge in [0.1, 0.15) is 0 Å².